The van der Waals surface area contributed by atoms with Crippen molar-refractivity contribution < 1.29 is 18.0 Å². The molecule has 2 rings (SSSR count). The Kier molecular flexibility index (Phi) is 4.53. The van der Waals surface area contributed by atoms with Crippen LogP contribution in [-0.4, -0.2) is 55.3 Å². The Labute approximate surface area is 134 Å². The molecule has 124 valence electrons. The van der Waals surface area contributed by atoms with Crippen LogP contribution in [0.4, 0.5) is 4.79 Å². The molecule has 1 aliphatic heterocycles. The molecule has 23 heavy (non-hydrogen) atoms. The number of carbonyl (C=O) groups excluding carboxylic acids is 2. The lowest BCUT2D eigenvalue weighted by Gasteiger charge is -2.34. The van der Waals surface area contributed by atoms with Crippen molar-refractivity contribution in [2.45, 2.75) is 18.2 Å². The van der Waals surface area contributed by atoms with Crippen molar-refractivity contribution in [1.82, 2.24) is 14.5 Å². The van der Waals surface area contributed by atoms with E-state index >= 15 is 0 Å². The molecule has 2 atom stereocenters. The molecule has 3 amide bonds. The van der Waals surface area contributed by atoms with Gasteiger partial charge in [0.05, 0.1) is 0 Å². The Bertz CT molecular complexity index is 723. The average Bonchev–Trinajstić information content (AvgIpc) is 2.51. The van der Waals surface area contributed by atoms with Crippen LogP contribution in [0.15, 0.2) is 30.3 Å². The lowest BCUT2D eigenvalue weighted by Crippen LogP contribution is -2.63. The van der Waals surface area contributed by atoms with E-state index in [0.29, 0.717) is 4.90 Å². The maximum atomic E-state index is 12.6. The highest BCUT2D eigenvalue weighted by atomic mass is 32.2. The standard InChI is InChI=1S/C14H18N4O4S/c1-9(10-7-5-4-6-8-10)16-23(21,22)11-12(15)17(2)14(20)18(3)13(11)19/h4-9,11,15-16H,1-3H3. The lowest BCUT2D eigenvalue weighted by atomic mass is 10.1. The highest BCUT2D eigenvalue weighted by Gasteiger charge is 2.47. The van der Waals surface area contributed by atoms with Crippen molar-refractivity contribution >= 4 is 27.8 Å². The molecule has 8 nitrogen and oxygen atoms in total. The second kappa shape index (κ2) is 6.09. The number of benzene rings is 1. The molecular weight excluding hydrogens is 320 g/mol. The molecule has 1 fully saturated rings. The summed E-state index contributed by atoms with van der Waals surface area (Å²) >= 11 is 0. The highest BCUT2D eigenvalue weighted by Crippen LogP contribution is 2.19. The van der Waals surface area contributed by atoms with Gasteiger partial charge in [0, 0.05) is 20.1 Å². The van der Waals surface area contributed by atoms with Gasteiger partial charge >= 0.3 is 6.03 Å². The first-order valence-electron chi connectivity index (χ1n) is 6.86. The molecule has 1 aliphatic rings. The van der Waals surface area contributed by atoms with E-state index in [1.165, 1.54) is 14.1 Å². The summed E-state index contributed by atoms with van der Waals surface area (Å²) in [6.45, 7) is 1.64. The van der Waals surface area contributed by atoms with Gasteiger partial charge < -0.3 is 0 Å². The molecular formula is C14H18N4O4S. The minimum absolute atomic E-state index is 0.564. The van der Waals surface area contributed by atoms with Crippen LogP contribution < -0.4 is 4.72 Å². The van der Waals surface area contributed by atoms with Crippen LogP contribution in [0.3, 0.4) is 0 Å². The number of urea groups is 1. The topological polar surface area (TPSA) is 111 Å². The zero-order valence-corrected chi connectivity index (χ0v) is 13.8. The van der Waals surface area contributed by atoms with Crippen LogP contribution in [0, 0.1) is 5.41 Å². The predicted octanol–water partition coefficient (Wildman–Crippen LogP) is 0.537. The van der Waals surface area contributed by atoms with E-state index in [-0.39, 0.29) is 0 Å². The van der Waals surface area contributed by atoms with E-state index in [0.717, 1.165) is 10.5 Å². The molecule has 0 radical (unpaired) electrons. The molecule has 1 aromatic rings. The summed E-state index contributed by atoms with van der Waals surface area (Å²) in [6, 6.07) is 7.55. The third kappa shape index (κ3) is 3.10. The van der Waals surface area contributed by atoms with Crippen LogP contribution in [0.2, 0.25) is 0 Å². The number of hydrogen-bond acceptors (Lipinski definition) is 5. The number of nitrogens with one attached hydrogen (secondary N) is 2. The first-order chi connectivity index (χ1) is 10.7. The van der Waals surface area contributed by atoms with Crippen molar-refractivity contribution in [3.63, 3.8) is 0 Å². The minimum Gasteiger partial charge on any atom is -0.286 e. The summed E-state index contributed by atoms with van der Waals surface area (Å²) in [5, 5.41) is 6.10. The molecule has 2 unspecified atom stereocenters. The van der Waals surface area contributed by atoms with E-state index in [2.05, 4.69) is 4.72 Å². The van der Waals surface area contributed by atoms with Gasteiger partial charge in [0.2, 0.25) is 15.3 Å². The van der Waals surface area contributed by atoms with Gasteiger partial charge in [0.25, 0.3) is 5.91 Å². The molecule has 1 heterocycles. The number of hydrogen-bond donors (Lipinski definition) is 2. The molecule has 0 aliphatic carbocycles. The molecule has 9 heteroatoms. The fourth-order valence-electron chi connectivity index (χ4n) is 2.29. The van der Waals surface area contributed by atoms with Crippen molar-refractivity contribution in [2.24, 2.45) is 0 Å². The average molecular weight is 338 g/mol. The van der Waals surface area contributed by atoms with Crippen LogP contribution in [0.5, 0.6) is 0 Å². The highest BCUT2D eigenvalue weighted by molar-refractivity contribution is 7.91. The van der Waals surface area contributed by atoms with Gasteiger partial charge in [0.15, 0.2) is 0 Å². The minimum atomic E-state index is -4.18. The molecule has 0 saturated carbocycles. The SMILES string of the molecule is CC(NS(=O)(=O)C1C(=N)N(C)C(=O)N(C)C1=O)c1ccccc1. The monoisotopic (exact) mass is 338 g/mol. The molecule has 1 saturated heterocycles. The van der Waals surface area contributed by atoms with Crippen LogP contribution >= 0.6 is 0 Å². The van der Waals surface area contributed by atoms with Gasteiger partial charge in [-0.3, -0.25) is 20.0 Å². The Morgan fingerprint density at radius 3 is 2.26 bits per heavy atom. The van der Waals surface area contributed by atoms with Crippen molar-refractivity contribution in [1.29, 1.82) is 5.41 Å². The largest absolute Gasteiger partial charge is 0.331 e. The Morgan fingerprint density at radius 1 is 1.13 bits per heavy atom. The Balaban J connectivity index is 2.30. The number of sulfonamides is 1. The number of amidine groups is 1. The van der Waals surface area contributed by atoms with E-state index in [4.69, 9.17) is 5.41 Å². The maximum Gasteiger partial charge on any atom is 0.331 e. The van der Waals surface area contributed by atoms with Gasteiger partial charge in [0.1, 0.15) is 5.84 Å². The fraction of sp³-hybridized carbons (Fsp3) is 0.357. The number of amides is 3. The van der Waals surface area contributed by atoms with Gasteiger partial charge in [-0.25, -0.2) is 17.9 Å². The summed E-state index contributed by atoms with van der Waals surface area (Å²) in [5.74, 6) is -1.50. The molecule has 2 N–H and O–H groups in total. The van der Waals surface area contributed by atoms with E-state index in [1.54, 1.807) is 37.3 Å². The Morgan fingerprint density at radius 2 is 1.70 bits per heavy atom. The summed E-state index contributed by atoms with van der Waals surface area (Å²) in [6.07, 6.45) is 0. The van der Waals surface area contributed by atoms with Crippen LogP contribution in [0.1, 0.15) is 18.5 Å². The van der Waals surface area contributed by atoms with E-state index in [9.17, 15) is 18.0 Å². The fourth-order valence-corrected chi connectivity index (χ4v) is 3.94. The first kappa shape index (κ1) is 17.1. The number of imide groups is 1. The zero-order valence-electron chi connectivity index (χ0n) is 13.0. The third-order valence-electron chi connectivity index (χ3n) is 3.69. The Hall–Kier alpha value is -2.26. The van der Waals surface area contributed by atoms with Crippen LogP contribution in [0.25, 0.3) is 0 Å². The predicted molar refractivity (Wildman–Crippen MR) is 84.4 cm³/mol. The summed E-state index contributed by atoms with van der Waals surface area (Å²) in [5.41, 5.74) is 0.726. The van der Waals surface area contributed by atoms with Gasteiger partial charge in [-0.15, -0.1) is 0 Å². The summed E-state index contributed by atoms with van der Waals surface area (Å²) < 4.78 is 27.5. The number of rotatable bonds is 4. The molecule has 0 spiro atoms. The number of nitrogens with zero attached hydrogens (tertiary/aromatic N) is 2. The molecule has 1 aromatic carbocycles. The van der Waals surface area contributed by atoms with Gasteiger partial charge in [-0.2, -0.15) is 0 Å². The zero-order chi connectivity index (χ0) is 17.4. The van der Waals surface area contributed by atoms with Crippen molar-refractivity contribution in [2.75, 3.05) is 14.1 Å². The normalized spacial score (nSPS) is 20.8. The quantitative estimate of drug-likeness (QED) is 0.834. The molecule has 0 aromatic heterocycles. The summed E-state index contributed by atoms with van der Waals surface area (Å²) in [4.78, 5) is 25.5. The van der Waals surface area contributed by atoms with E-state index < -0.39 is 39.1 Å². The number of carbonyl (C=O) groups is 2. The third-order valence-corrected chi connectivity index (χ3v) is 5.42. The lowest BCUT2D eigenvalue weighted by molar-refractivity contribution is -0.126. The second-order valence-electron chi connectivity index (χ2n) is 5.30. The van der Waals surface area contributed by atoms with Gasteiger partial charge in [-0.05, 0) is 12.5 Å². The van der Waals surface area contributed by atoms with Crippen molar-refractivity contribution in [3.8, 4) is 0 Å². The second-order valence-corrected chi connectivity index (χ2v) is 7.10. The molecule has 0 bridgehead atoms. The van der Waals surface area contributed by atoms with Crippen LogP contribution in [-0.2, 0) is 14.8 Å². The maximum absolute atomic E-state index is 12.6. The van der Waals surface area contributed by atoms with Crippen molar-refractivity contribution in [3.05, 3.63) is 35.9 Å². The van der Waals surface area contributed by atoms with E-state index in [1.807, 2.05) is 0 Å². The summed E-state index contributed by atoms with van der Waals surface area (Å²) in [7, 11) is -1.73. The smallest absolute Gasteiger partial charge is 0.286 e. The van der Waals surface area contributed by atoms with Gasteiger partial charge in [-0.1, -0.05) is 30.3 Å². The first-order valence-corrected chi connectivity index (χ1v) is 8.41.